The predicted molar refractivity (Wildman–Crippen MR) is 96.8 cm³/mol. The van der Waals surface area contributed by atoms with Crippen molar-refractivity contribution in [1.29, 1.82) is 5.26 Å². The minimum Gasteiger partial charge on any atom is -0.484 e. The van der Waals surface area contributed by atoms with E-state index in [1.54, 1.807) is 36.8 Å². The number of aromatic nitrogens is 2. The Labute approximate surface area is 151 Å². The first-order chi connectivity index (χ1) is 12.7. The summed E-state index contributed by atoms with van der Waals surface area (Å²) >= 11 is 0. The summed E-state index contributed by atoms with van der Waals surface area (Å²) in [5.74, 6) is 0.344. The lowest BCUT2D eigenvalue weighted by Crippen LogP contribution is -2.31. The molecule has 2 aromatic carbocycles. The highest BCUT2D eigenvalue weighted by molar-refractivity contribution is 5.78. The molecule has 1 N–H and O–H groups in total. The van der Waals surface area contributed by atoms with Crippen LogP contribution in [0.4, 0.5) is 0 Å². The van der Waals surface area contributed by atoms with Crippen LogP contribution in [0.5, 0.6) is 5.75 Å². The van der Waals surface area contributed by atoms with Crippen molar-refractivity contribution < 1.29 is 9.53 Å². The third-order valence-electron chi connectivity index (χ3n) is 3.93. The number of nitriles is 1. The van der Waals surface area contributed by atoms with Gasteiger partial charge in [-0.15, -0.1) is 0 Å². The van der Waals surface area contributed by atoms with E-state index < -0.39 is 0 Å². The molecule has 3 aromatic rings. The second kappa shape index (κ2) is 7.99. The zero-order valence-corrected chi connectivity index (χ0v) is 14.3. The molecule has 0 radical (unpaired) electrons. The fourth-order valence-corrected chi connectivity index (χ4v) is 2.49. The van der Waals surface area contributed by atoms with Gasteiger partial charge in [0.15, 0.2) is 6.61 Å². The molecule has 0 bridgehead atoms. The van der Waals surface area contributed by atoms with Crippen LogP contribution in [-0.4, -0.2) is 22.1 Å². The maximum Gasteiger partial charge on any atom is 0.258 e. The minimum absolute atomic E-state index is 0.0800. The van der Waals surface area contributed by atoms with Gasteiger partial charge in [-0.05, 0) is 48.9 Å². The van der Waals surface area contributed by atoms with Crippen molar-refractivity contribution in [3.05, 3.63) is 78.4 Å². The smallest absolute Gasteiger partial charge is 0.258 e. The van der Waals surface area contributed by atoms with Gasteiger partial charge in [0.05, 0.1) is 24.0 Å². The van der Waals surface area contributed by atoms with Gasteiger partial charge in [-0.1, -0.05) is 12.1 Å². The van der Waals surface area contributed by atoms with Crippen LogP contribution in [0, 0.1) is 11.3 Å². The Morgan fingerprint density at radius 2 is 1.96 bits per heavy atom. The molecule has 6 nitrogen and oxygen atoms in total. The zero-order chi connectivity index (χ0) is 18.4. The second-order valence-corrected chi connectivity index (χ2v) is 5.78. The Morgan fingerprint density at radius 1 is 1.23 bits per heavy atom. The number of nitrogens with one attached hydrogen (secondary N) is 1. The first-order valence-corrected chi connectivity index (χ1v) is 8.16. The van der Waals surface area contributed by atoms with Gasteiger partial charge in [-0.25, -0.2) is 4.98 Å². The molecule has 0 fully saturated rings. The molecule has 0 aliphatic carbocycles. The number of ether oxygens (including phenoxy) is 1. The van der Waals surface area contributed by atoms with E-state index in [1.807, 2.05) is 48.0 Å². The van der Waals surface area contributed by atoms with Gasteiger partial charge in [-0.3, -0.25) is 4.79 Å². The lowest BCUT2D eigenvalue weighted by atomic mass is 10.1. The van der Waals surface area contributed by atoms with Crippen molar-refractivity contribution in [2.45, 2.75) is 13.0 Å². The van der Waals surface area contributed by atoms with Gasteiger partial charge in [0.2, 0.25) is 0 Å². The number of imidazole rings is 1. The van der Waals surface area contributed by atoms with Crippen LogP contribution in [0.25, 0.3) is 5.69 Å². The Balaban J connectivity index is 1.52. The van der Waals surface area contributed by atoms with Gasteiger partial charge in [-0.2, -0.15) is 5.26 Å². The zero-order valence-electron chi connectivity index (χ0n) is 14.3. The number of rotatable bonds is 6. The van der Waals surface area contributed by atoms with E-state index in [0.717, 1.165) is 11.3 Å². The first kappa shape index (κ1) is 17.2. The summed E-state index contributed by atoms with van der Waals surface area (Å²) in [5.41, 5.74) is 2.56. The quantitative estimate of drug-likeness (QED) is 0.744. The summed E-state index contributed by atoms with van der Waals surface area (Å²) in [6, 6.07) is 16.4. The van der Waals surface area contributed by atoms with Crippen molar-refractivity contribution in [2.24, 2.45) is 0 Å². The second-order valence-electron chi connectivity index (χ2n) is 5.78. The van der Waals surface area contributed by atoms with Gasteiger partial charge < -0.3 is 14.6 Å². The fraction of sp³-hybridized carbons (Fsp3) is 0.150. The molecule has 3 rings (SSSR count). The molecule has 0 aliphatic heterocycles. The van der Waals surface area contributed by atoms with Gasteiger partial charge in [0, 0.05) is 18.1 Å². The van der Waals surface area contributed by atoms with Crippen molar-refractivity contribution in [2.75, 3.05) is 6.61 Å². The molecule has 1 aromatic heterocycles. The minimum atomic E-state index is -0.208. The average molecular weight is 346 g/mol. The molecule has 130 valence electrons. The van der Waals surface area contributed by atoms with Gasteiger partial charge in [0.1, 0.15) is 5.75 Å². The van der Waals surface area contributed by atoms with E-state index in [1.165, 1.54) is 0 Å². The summed E-state index contributed by atoms with van der Waals surface area (Å²) in [7, 11) is 0. The number of carbonyl (C=O) groups excluding carboxylic acids is 1. The van der Waals surface area contributed by atoms with Crippen LogP contribution in [0.15, 0.2) is 67.3 Å². The Morgan fingerprint density at radius 3 is 2.58 bits per heavy atom. The van der Waals surface area contributed by atoms with Crippen LogP contribution in [-0.2, 0) is 4.79 Å². The van der Waals surface area contributed by atoms with Crippen molar-refractivity contribution in [1.82, 2.24) is 14.9 Å². The molecule has 0 aliphatic rings. The number of nitrogens with zero attached hydrogens (tertiary/aromatic N) is 3. The lowest BCUT2D eigenvalue weighted by molar-refractivity contribution is -0.123. The number of amides is 1. The van der Waals surface area contributed by atoms with Crippen LogP contribution in [0.2, 0.25) is 0 Å². The first-order valence-electron chi connectivity index (χ1n) is 8.16. The summed E-state index contributed by atoms with van der Waals surface area (Å²) < 4.78 is 7.36. The van der Waals surface area contributed by atoms with Crippen molar-refractivity contribution >= 4 is 5.91 Å². The molecule has 0 saturated heterocycles. The van der Waals surface area contributed by atoms with E-state index >= 15 is 0 Å². The standard InChI is InChI=1S/C20H18N4O2/c1-15(17-4-6-18(7-5-17)24-11-10-22-14-24)23-20(25)13-26-19-8-2-16(12-21)3-9-19/h2-11,14-15H,13H2,1H3,(H,23,25). The monoisotopic (exact) mass is 346 g/mol. The molecule has 1 amide bonds. The van der Waals surface area contributed by atoms with E-state index in [2.05, 4.69) is 10.3 Å². The highest BCUT2D eigenvalue weighted by Gasteiger charge is 2.10. The number of hydrogen-bond acceptors (Lipinski definition) is 4. The molecule has 0 saturated carbocycles. The third-order valence-corrected chi connectivity index (χ3v) is 3.93. The molecular weight excluding hydrogens is 328 g/mol. The van der Waals surface area contributed by atoms with E-state index in [4.69, 9.17) is 10.00 Å². The highest BCUT2D eigenvalue weighted by Crippen LogP contribution is 2.16. The Kier molecular flexibility index (Phi) is 5.30. The summed E-state index contributed by atoms with van der Waals surface area (Å²) in [6.45, 7) is 1.84. The highest BCUT2D eigenvalue weighted by atomic mass is 16.5. The third kappa shape index (κ3) is 4.28. The van der Waals surface area contributed by atoms with E-state index in [-0.39, 0.29) is 18.6 Å². The number of hydrogen-bond donors (Lipinski definition) is 1. The summed E-state index contributed by atoms with van der Waals surface area (Å²) in [5, 5.41) is 11.7. The molecule has 1 atom stereocenters. The van der Waals surface area contributed by atoms with E-state index in [9.17, 15) is 4.79 Å². The SMILES string of the molecule is CC(NC(=O)COc1ccc(C#N)cc1)c1ccc(-n2ccnc2)cc1. The molecule has 26 heavy (non-hydrogen) atoms. The maximum atomic E-state index is 12.1. The lowest BCUT2D eigenvalue weighted by Gasteiger charge is -2.15. The normalized spacial score (nSPS) is 11.4. The van der Waals surface area contributed by atoms with Crippen LogP contribution >= 0.6 is 0 Å². The summed E-state index contributed by atoms with van der Waals surface area (Å²) in [4.78, 5) is 16.1. The molecule has 0 spiro atoms. The van der Waals surface area contributed by atoms with Crippen molar-refractivity contribution in [3.63, 3.8) is 0 Å². The Hall–Kier alpha value is -3.59. The van der Waals surface area contributed by atoms with Gasteiger partial charge in [0.25, 0.3) is 5.91 Å². The molecule has 6 heteroatoms. The fourth-order valence-electron chi connectivity index (χ4n) is 2.49. The number of carbonyl (C=O) groups is 1. The molecular formula is C20H18N4O2. The topological polar surface area (TPSA) is 79.9 Å². The summed E-state index contributed by atoms with van der Waals surface area (Å²) in [6.07, 6.45) is 5.34. The average Bonchev–Trinajstić information content (AvgIpc) is 3.21. The van der Waals surface area contributed by atoms with Crippen LogP contribution in [0.3, 0.4) is 0 Å². The van der Waals surface area contributed by atoms with Crippen molar-refractivity contribution in [3.8, 4) is 17.5 Å². The molecule has 1 unspecified atom stereocenters. The van der Waals surface area contributed by atoms with E-state index in [0.29, 0.717) is 11.3 Å². The Bertz CT molecular complexity index is 894. The number of benzene rings is 2. The predicted octanol–water partition coefficient (Wildman–Crippen LogP) is 3.00. The largest absolute Gasteiger partial charge is 0.484 e. The molecule has 1 heterocycles. The maximum absolute atomic E-state index is 12.1. The van der Waals surface area contributed by atoms with Crippen LogP contribution in [0.1, 0.15) is 24.1 Å². The van der Waals surface area contributed by atoms with Crippen LogP contribution < -0.4 is 10.1 Å². The van der Waals surface area contributed by atoms with Gasteiger partial charge >= 0.3 is 0 Å².